The molecule has 2 aromatic carbocycles. The SMILES string of the molecule is CCC(C(=O)NC(C)(C)C)N(Cc1ccc(F)cc1)C(=O)CSc1ccc(Cl)cc1. The summed E-state index contributed by atoms with van der Waals surface area (Å²) >= 11 is 7.31. The number of carbonyl (C=O) groups is 2. The van der Waals surface area contributed by atoms with Gasteiger partial charge in [-0.15, -0.1) is 11.8 Å². The maximum atomic E-state index is 13.3. The first-order chi connectivity index (χ1) is 14.1. The number of halogens is 2. The molecule has 0 aliphatic heterocycles. The molecule has 1 N–H and O–H groups in total. The van der Waals surface area contributed by atoms with Crippen molar-refractivity contribution in [2.24, 2.45) is 0 Å². The van der Waals surface area contributed by atoms with Crippen LogP contribution in [0, 0.1) is 5.82 Å². The Kier molecular flexibility index (Phi) is 8.74. The number of carbonyl (C=O) groups excluding carboxylic acids is 2. The number of rotatable bonds is 8. The van der Waals surface area contributed by atoms with Crippen molar-refractivity contribution in [3.63, 3.8) is 0 Å². The Labute approximate surface area is 187 Å². The number of hydrogen-bond donors (Lipinski definition) is 1. The number of nitrogens with zero attached hydrogens (tertiary/aromatic N) is 1. The lowest BCUT2D eigenvalue weighted by atomic mass is 10.1. The van der Waals surface area contributed by atoms with Crippen molar-refractivity contribution in [1.82, 2.24) is 10.2 Å². The second kappa shape index (κ2) is 10.8. The van der Waals surface area contributed by atoms with Crippen LogP contribution in [0.5, 0.6) is 0 Å². The Balaban J connectivity index is 2.21. The van der Waals surface area contributed by atoms with Gasteiger partial charge in [-0.3, -0.25) is 9.59 Å². The summed E-state index contributed by atoms with van der Waals surface area (Å²) in [6, 6.07) is 12.6. The number of amides is 2. The topological polar surface area (TPSA) is 49.4 Å². The molecule has 2 rings (SSSR count). The second-order valence-corrected chi connectivity index (χ2v) is 9.54. The van der Waals surface area contributed by atoms with Crippen LogP contribution in [-0.2, 0) is 16.1 Å². The number of thioether (sulfide) groups is 1. The van der Waals surface area contributed by atoms with Gasteiger partial charge >= 0.3 is 0 Å². The summed E-state index contributed by atoms with van der Waals surface area (Å²) in [6.45, 7) is 7.82. The van der Waals surface area contributed by atoms with E-state index in [4.69, 9.17) is 11.6 Å². The van der Waals surface area contributed by atoms with Gasteiger partial charge in [0.25, 0.3) is 0 Å². The third-order valence-electron chi connectivity index (χ3n) is 4.33. The van der Waals surface area contributed by atoms with Crippen LogP contribution >= 0.6 is 23.4 Å². The van der Waals surface area contributed by atoms with Gasteiger partial charge in [-0.05, 0) is 69.2 Å². The lowest BCUT2D eigenvalue weighted by Gasteiger charge is -2.33. The summed E-state index contributed by atoms with van der Waals surface area (Å²) in [6.07, 6.45) is 0.473. The maximum Gasteiger partial charge on any atom is 0.243 e. The summed E-state index contributed by atoms with van der Waals surface area (Å²) in [5.74, 6) is -0.512. The molecular weight excluding hydrogens is 423 g/mol. The van der Waals surface area contributed by atoms with Gasteiger partial charge in [-0.1, -0.05) is 30.7 Å². The molecule has 0 aliphatic rings. The minimum atomic E-state index is -0.618. The molecular formula is C23H28ClFN2O2S. The summed E-state index contributed by atoms with van der Waals surface area (Å²) in [5, 5.41) is 3.60. The first-order valence-corrected chi connectivity index (χ1v) is 11.2. The summed E-state index contributed by atoms with van der Waals surface area (Å²) in [7, 11) is 0. The van der Waals surface area contributed by atoms with Gasteiger partial charge in [0.05, 0.1) is 5.75 Å². The summed E-state index contributed by atoms with van der Waals surface area (Å²) in [4.78, 5) is 28.6. The normalized spacial score (nSPS) is 12.3. The van der Waals surface area contributed by atoms with Crippen LogP contribution in [0.4, 0.5) is 4.39 Å². The molecule has 0 heterocycles. The monoisotopic (exact) mass is 450 g/mol. The lowest BCUT2D eigenvalue weighted by molar-refractivity contribution is -0.140. The van der Waals surface area contributed by atoms with Crippen LogP contribution in [0.3, 0.4) is 0 Å². The molecule has 0 saturated heterocycles. The highest BCUT2D eigenvalue weighted by atomic mass is 35.5. The van der Waals surface area contributed by atoms with Gasteiger partial charge in [0.2, 0.25) is 11.8 Å². The molecule has 0 spiro atoms. The largest absolute Gasteiger partial charge is 0.350 e. The van der Waals surface area contributed by atoms with Crippen molar-refractivity contribution in [1.29, 1.82) is 0 Å². The van der Waals surface area contributed by atoms with E-state index in [-0.39, 0.29) is 29.9 Å². The van der Waals surface area contributed by atoms with E-state index in [1.54, 1.807) is 29.2 Å². The predicted octanol–water partition coefficient (Wildman–Crippen LogP) is 5.29. The number of nitrogens with one attached hydrogen (secondary N) is 1. The highest BCUT2D eigenvalue weighted by Gasteiger charge is 2.30. The molecule has 2 amide bonds. The fraction of sp³-hybridized carbons (Fsp3) is 0.391. The quantitative estimate of drug-likeness (QED) is 0.555. The van der Waals surface area contributed by atoms with Crippen molar-refractivity contribution >= 4 is 35.2 Å². The Bertz CT molecular complexity index is 851. The molecule has 0 aromatic heterocycles. The van der Waals surface area contributed by atoms with Gasteiger partial charge in [0.1, 0.15) is 11.9 Å². The van der Waals surface area contributed by atoms with Gasteiger partial charge in [-0.25, -0.2) is 4.39 Å². The van der Waals surface area contributed by atoms with Crippen molar-refractivity contribution in [3.8, 4) is 0 Å². The maximum absolute atomic E-state index is 13.3. The zero-order valence-electron chi connectivity index (χ0n) is 17.7. The van der Waals surface area contributed by atoms with Gasteiger partial charge in [0, 0.05) is 22.0 Å². The van der Waals surface area contributed by atoms with Crippen molar-refractivity contribution in [2.75, 3.05) is 5.75 Å². The second-order valence-electron chi connectivity index (χ2n) is 8.05. The molecule has 4 nitrogen and oxygen atoms in total. The van der Waals surface area contributed by atoms with Gasteiger partial charge < -0.3 is 10.2 Å². The molecule has 1 unspecified atom stereocenters. The van der Waals surface area contributed by atoms with Crippen molar-refractivity contribution < 1.29 is 14.0 Å². The molecule has 0 bridgehead atoms. The smallest absolute Gasteiger partial charge is 0.243 e. The van der Waals surface area contributed by atoms with E-state index < -0.39 is 11.6 Å². The van der Waals surface area contributed by atoms with Crippen molar-refractivity contribution in [2.45, 2.75) is 57.1 Å². The highest BCUT2D eigenvalue weighted by Crippen LogP contribution is 2.22. The molecule has 162 valence electrons. The zero-order valence-corrected chi connectivity index (χ0v) is 19.3. The number of benzene rings is 2. The average molecular weight is 451 g/mol. The Morgan fingerprint density at radius 2 is 1.70 bits per heavy atom. The minimum absolute atomic E-state index is 0.157. The van der Waals surface area contributed by atoms with Crippen LogP contribution in [0.1, 0.15) is 39.7 Å². The Morgan fingerprint density at radius 1 is 1.10 bits per heavy atom. The zero-order chi connectivity index (χ0) is 22.3. The third-order valence-corrected chi connectivity index (χ3v) is 5.58. The standard InChI is InChI=1S/C23H28ClFN2O2S/c1-5-20(22(29)26-23(2,3)4)27(14-16-6-10-18(25)11-7-16)21(28)15-30-19-12-8-17(24)9-13-19/h6-13,20H,5,14-15H2,1-4H3,(H,26,29). The molecule has 1 atom stereocenters. The number of hydrogen-bond acceptors (Lipinski definition) is 3. The molecule has 0 fully saturated rings. The van der Waals surface area contributed by atoms with E-state index in [0.29, 0.717) is 11.4 Å². The first-order valence-electron chi connectivity index (χ1n) is 9.83. The van der Waals surface area contributed by atoms with E-state index in [0.717, 1.165) is 10.5 Å². The van der Waals surface area contributed by atoms with E-state index in [1.165, 1.54) is 23.9 Å². The fourth-order valence-electron chi connectivity index (χ4n) is 2.92. The van der Waals surface area contributed by atoms with E-state index in [1.807, 2.05) is 39.8 Å². The van der Waals surface area contributed by atoms with Crippen LogP contribution in [0.15, 0.2) is 53.4 Å². The van der Waals surface area contributed by atoms with E-state index in [2.05, 4.69) is 5.32 Å². The highest BCUT2D eigenvalue weighted by molar-refractivity contribution is 8.00. The van der Waals surface area contributed by atoms with Gasteiger partial charge in [0.15, 0.2) is 0 Å². The molecule has 7 heteroatoms. The van der Waals surface area contributed by atoms with Crippen LogP contribution in [0.2, 0.25) is 5.02 Å². The minimum Gasteiger partial charge on any atom is -0.350 e. The molecule has 0 radical (unpaired) electrons. The lowest BCUT2D eigenvalue weighted by Crippen LogP contribution is -2.53. The van der Waals surface area contributed by atoms with E-state index >= 15 is 0 Å². The van der Waals surface area contributed by atoms with Crippen LogP contribution in [-0.4, -0.2) is 34.0 Å². The molecule has 0 saturated carbocycles. The Hall–Kier alpha value is -2.05. The van der Waals surface area contributed by atoms with Crippen LogP contribution < -0.4 is 5.32 Å². The van der Waals surface area contributed by atoms with Crippen LogP contribution in [0.25, 0.3) is 0 Å². The van der Waals surface area contributed by atoms with E-state index in [9.17, 15) is 14.0 Å². The fourth-order valence-corrected chi connectivity index (χ4v) is 3.83. The average Bonchev–Trinajstić information content (AvgIpc) is 2.67. The first kappa shape index (κ1) is 24.2. The molecule has 0 aliphatic carbocycles. The molecule has 2 aromatic rings. The predicted molar refractivity (Wildman–Crippen MR) is 121 cm³/mol. The molecule has 30 heavy (non-hydrogen) atoms. The summed E-state index contributed by atoms with van der Waals surface area (Å²) < 4.78 is 13.3. The van der Waals surface area contributed by atoms with Crippen molar-refractivity contribution in [3.05, 3.63) is 64.9 Å². The van der Waals surface area contributed by atoms with Gasteiger partial charge in [-0.2, -0.15) is 0 Å². The summed E-state index contributed by atoms with van der Waals surface area (Å²) in [5.41, 5.74) is 0.357. The third kappa shape index (κ3) is 7.65. The Morgan fingerprint density at radius 3 is 2.23 bits per heavy atom.